The summed E-state index contributed by atoms with van der Waals surface area (Å²) < 4.78 is 13.2. The Morgan fingerprint density at radius 1 is 1.06 bits per heavy atom. The van der Waals surface area contributed by atoms with Crippen LogP contribution in [0.25, 0.3) is 0 Å². The van der Waals surface area contributed by atoms with Crippen molar-refractivity contribution in [1.82, 2.24) is 14.8 Å². The van der Waals surface area contributed by atoms with Gasteiger partial charge >= 0.3 is 6.09 Å². The summed E-state index contributed by atoms with van der Waals surface area (Å²) in [5.74, 6) is 0.750. The van der Waals surface area contributed by atoms with Crippen molar-refractivity contribution in [3.05, 3.63) is 54.4 Å². The lowest BCUT2D eigenvalue weighted by molar-refractivity contribution is 0.0187. The maximum absolute atomic E-state index is 12.7. The molecule has 1 aliphatic rings. The number of carbonyl (C=O) groups excluding carboxylic acids is 2. The number of hydrogen-bond acceptors (Lipinski definition) is 4. The number of para-hydroxylation sites is 1. The molecule has 7 nitrogen and oxygen atoms in total. The van der Waals surface area contributed by atoms with Crippen molar-refractivity contribution in [2.45, 2.75) is 51.7 Å². The quantitative estimate of drug-likeness (QED) is 0.670. The first-order chi connectivity index (χ1) is 14.8. The van der Waals surface area contributed by atoms with Gasteiger partial charge in [-0.3, -0.25) is 4.79 Å². The van der Waals surface area contributed by atoms with Crippen LogP contribution in [-0.2, 0) is 4.74 Å². The first kappa shape index (κ1) is 22.7. The molecule has 0 bridgehead atoms. The second-order valence-electron chi connectivity index (χ2n) is 8.77. The second-order valence-corrected chi connectivity index (χ2v) is 8.77. The highest BCUT2D eigenvalue weighted by Crippen LogP contribution is 2.25. The number of nitrogens with zero attached hydrogens (tertiary/aromatic N) is 2. The Morgan fingerprint density at radius 2 is 1.77 bits per heavy atom. The monoisotopic (exact) mass is 427 g/mol. The fraction of sp³-hybridized carbons (Fsp3) is 0.500. The summed E-state index contributed by atoms with van der Waals surface area (Å²) in [7, 11) is 0. The van der Waals surface area contributed by atoms with E-state index in [0.29, 0.717) is 31.9 Å². The number of rotatable bonds is 7. The molecular formula is C24H33N3O4. The Labute approximate surface area is 184 Å². The molecule has 1 N–H and O–H groups in total. The van der Waals surface area contributed by atoms with Gasteiger partial charge < -0.3 is 24.3 Å². The van der Waals surface area contributed by atoms with Gasteiger partial charge in [-0.25, -0.2) is 4.79 Å². The van der Waals surface area contributed by atoms with Gasteiger partial charge in [0.1, 0.15) is 17.0 Å². The summed E-state index contributed by atoms with van der Waals surface area (Å²) in [6, 6.07) is 13.6. The number of amides is 2. The third-order valence-corrected chi connectivity index (χ3v) is 5.14. The summed E-state index contributed by atoms with van der Waals surface area (Å²) >= 11 is 0. The number of hydrogen-bond donors (Lipinski definition) is 1. The van der Waals surface area contributed by atoms with E-state index >= 15 is 0 Å². The van der Waals surface area contributed by atoms with Gasteiger partial charge in [-0.1, -0.05) is 18.2 Å². The van der Waals surface area contributed by atoms with E-state index in [4.69, 9.17) is 9.47 Å². The zero-order chi connectivity index (χ0) is 22.3. The smallest absolute Gasteiger partial charge is 0.410 e. The second kappa shape index (κ2) is 10.4. The van der Waals surface area contributed by atoms with Crippen molar-refractivity contribution in [3.8, 4) is 5.75 Å². The summed E-state index contributed by atoms with van der Waals surface area (Å²) in [6.45, 7) is 7.95. The molecule has 0 saturated carbocycles. The summed E-state index contributed by atoms with van der Waals surface area (Å²) in [5, 5.41) is 2.98. The maximum Gasteiger partial charge on any atom is 0.410 e. The Morgan fingerprint density at radius 3 is 2.45 bits per heavy atom. The van der Waals surface area contributed by atoms with Gasteiger partial charge in [0.2, 0.25) is 0 Å². The molecule has 7 heteroatoms. The highest BCUT2D eigenvalue weighted by molar-refractivity contribution is 5.92. The molecule has 2 heterocycles. The van der Waals surface area contributed by atoms with Crippen molar-refractivity contribution in [1.29, 1.82) is 0 Å². The van der Waals surface area contributed by atoms with Gasteiger partial charge in [0.05, 0.1) is 6.61 Å². The topological polar surface area (TPSA) is 72.8 Å². The molecule has 1 aliphatic heterocycles. The van der Waals surface area contributed by atoms with Crippen LogP contribution in [0.2, 0.25) is 0 Å². The van der Waals surface area contributed by atoms with Gasteiger partial charge in [0, 0.05) is 31.9 Å². The van der Waals surface area contributed by atoms with E-state index in [0.717, 1.165) is 25.0 Å². The van der Waals surface area contributed by atoms with Crippen LogP contribution in [0.4, 0.5) is 4.79 Å². The molecule has 1 aromatic carbocycles. The first-order valence-corrected chi connectivity index (χ1v) is 10.9. The van der Waals surface area contributed by atoms with Crippen LogP contribution in [0.1, 0.15) is 56.6 Å². The summed E-state index contributed by atoms with van der Waals surface area (Å²) in [5.41, 5.74) is 0.158. The highest BCUT2D eigenvalue weighted by Gasteiger charge is 2.28. The van der Waals surface area contributed by atoms with E-state index in [2.05, 4.69) is 5.32 Å². The van der Waals surface area contributed by atoms with Crippen LogP contribution < -0.4 is 10.1 Å². The van der Waals surface area contributed by atoms with E-state index in [1.54, 1.807) is 4.90 Å². The lowest BCUT2D eigenvalue weighted by Crippen LogP contribution is -2.42. The third kappa shape index (κ3) is 6.77. The predicted octanol–water partition coefficient (Wildman–Crippen LogP) is 4.26. The molecule has 2 amide bonds. The van der Waals surface area contributed by atoms with Crippen LogP contribution in [0.3, 0.4) is 0 Å². The molecule has 0 radical (unpaired) electrons. The van der Waals surface area contributed by atoms with Gasteiger partial charge in [-0.15, -0.1) is 0 Å². The van der Waals surface area contributed by atoms with Gasteiger partial charge in [-0.2, -0.15) is 0 Å². The summed E-state index contributed by atoms with van der Waals surface area (Å²) in [4.78, 5) is 26.7. The first-order valence-electron chi connectivity index (χ1n) is 10.9. The zero-order valence-electron chi connectivity index (χ0n) is 18.7. The predicted molar refractivity (Wildman–Crippen MR) is 119 cm³/mol. The van der Waals surface area contributed by atoms with Crippen molar-refractivity contribution in [2.75, 3.05) is 26.2 Å². The number of likely N-dealkylation sites (tertiary alicyclic amines) is 1. The van der Waals surface area contributed by atoms with Crippen LogP contribution in [0.5, 0.6) is 5.75 Å². The number of carbonyl (C=O) groups is 2. The molecule has 0 aliphatic carbocycles. The number of piperidine rings is 1. The average molecular weight is 428 g/mol. The molecule has 1 aromatic heterocycles. The Hall–Kier alpha value is -2.96. The van der Waals surface area contributed by atoms with Gasteiger partial charge in [0.25, 0.3) is 5.91 Å². The van der Waals surface area contributed by atoms with Crippen LogP contribution in [0.15, 0.2) is 48.7 Å². The molecule has 0 unspecified atom stereocenters. The fourth-order valence-electron chi connectivity index (χ4n) is 3.63. The molecule has 2 aromatic rings. The van der Waals surface area contributed by atoms with Crippen molar-refractivity contribution < 1.29 is 19.1 Å². The lowest BCUT2D eigenvalue weighted by atomic mass is 10.0. The SMILES string of the molecule is CC(C)(C)OC(=O)N1CCC(n2cccc2C(=O)NCCCOc2ccccc2)CC1. The molecule has 31 heavy (non-hydrogen) atoms. The number of nitrogens with one attached hydrogen (secondary N) is 1. The highest BCUT2D eigenvalue weighted by atomic mass is 16.6. The molecule has 1 fully saturated rings. The minimum atomic E-state index is -0.494. The minimum absolute atomic E-state index is 0.0840. The van der Waals surface area contributed by atoms with E-state index in [-0.39, 0.29) is 18.0 Å². The average Bonchev–Trinajstić information content (AvgIpc) is 3.23. The third-order valence-electron chi connectivity index (χ3n) is 5.14. The normalized spacial score (nSPS) is 14.9. The van der Waals surface area contributed by atoms with Crippen LogP contribution in [-0.4, -0.2) is 53.3 Å². The number of ether oxygens (including phenoxy) is 2. The fourth-order valence-corrected chi connectivity index (χ4v) is 3.63. The minimum Gasteiger partial charge on any atom is -0.494 e. The molecule has 1 saturated heterocycles. The lowest BCUT2D eigenvalue weighted by Gasteiger charge is -2.34. The maximum atomic E-state index is 12.7. The van der Waals surface area contributed by atoms with Crippen molar-refractivity contribution >= 4 is 12.0 Å². The van der Waals surface area contributed by atoms with Crippen molar-refractivity contribution in [2.24, 2.45) is 0 Å². The Bertz CT molecular complexity index is 849. The van der Waals surface area contributed by atoms with Gasteiger partial charge in [0.15, 0.2) is 0 Å². The largest absolute Gasteiger partial charge is 0.494 e. The molecule has 3 rings (SSSR count). The van der Waals surface area contributed by atoms with E-state index < -0.39 is 5.60 Å². The molecule has 0 spiro atoms. The Balaban J connectivity index is 1.44. The van der Waals surface area contributed by atoms with Gasteiger partial charge in [-0.05, 0) is 64.3 Å². The van der Waals surface area contributed by atoms with Crippen LogP contribution in [0, 0.1) is 0 Å². The standard InChI is InChI=1S/C24H33N3O4/c1-24(2,3)31-23(29)26-16-12-19(13-17-26)27-15-7-11-21(27)22(28)25-14-8-18-30-20-9-5-4-6-10-20/h4-7,9-11,15,19H,8,12-14,16-18H2,1-3H3,(H,25,28). The van der Waals surface area contributed by atoms with Crippen LogP contribution >= 0.6 is 0 Å². The van der Waals surface area contributed by atoms with E-state index in [9.17, 15) is 9.59 Å². The van der Waals surface area contributed by atoms with E-state index in [1.807, 2.05) is 74.0 Å². The molecular weight excluding hydrogens is 394 g/mol. The Kier molecular flexibility index (Phi) is 7.60. The van der Waals surface area contributed by atoms with E-state index in [1.165, 1.54) is 0 Å². The summed E-state index contributed by atoms with van der Waals surface area (Å²) in [6.07, 6.45) is 3.99. The number of aromatic nitrogens is 1. The van der Waals surface area contributed by atoms with Crippen molar-refractivity contribution in [3.63, 3.8) is 0 Å². The number of benzene rings is 1. The molecule has 0 atom stereocenters. The molecule has 168 valence electrons. The zero-order valence-corrected chi connectivity index (χ0v) is 18.7.